The van der Waals surface area contributed by atoms with Gasteiger partial charge in [0, 0.05) is 23.7 Å². The highest BCUT2D eigenvalue weighted by atomic mass is 16.3. The maximum absolute atomic E-state index is 9.67. The SMILES string of the molecule is Cc1cccc(-c2nn3c(c2-c2ccc(O)cc2)[C@H](C)C(C)(C)C3)n1. The lowest BCUT2D eigenvalue weighted by atomic mass is 9.79. The van der Waals surface area contributed by atoms with Gasteiger partial charge in [-0.15, -0.1) is 0 Å². The van der Waals surface area contributed by atoms with E-state index in [0.29, 0.717) is 5.92 Å². The molecule has 0 amide bonds. The lowest BCUT2D eigenvalue weighted by molar-refractivity contribution is 0.301. The zero-order chi connectivity index (χ0) is 17.8. The van der Waals surface area contributed by atoms with Crippen molar-refractivity contribution in [2.75, 3.05) is 0 Å². The van der Waals surface area contributed by atoms with E-state index in [1.807, 2.05) is 37.3 Å². The summed E-state index contributed by atoms with van der Waals surface area (Å²) in [6.07, 6.45) is 0. The molecule has 0 unspecified atom stereocenters. The van der Waals surface area contributed by atoms with Crippen LogP contribution in [0.4, 0.5) is 0 Å². The largest absolute Gasteiger partial charge is 0.508 e. The number of aromatic nitrogens is 3. The number of hydrogen-bond acceptors (Lipinski definition) is 3. The molecular weight excluding hydrogens is 310 g/mol. The minimum Gasteiger partial charge on any atom is -0.508 e. The summed E-state index contributed by atoms with van der Waals surface area (Å²) in [6.45, 7) is 9.76. The summed E-state index contributed by atoms with van der Waals surface area (Å²) >= 11 is 0. The number of pyridine rings is 1. The summed E-state index contributed by atoms with van der Waals surface area (Å²) in [4.78, 5) is 4.70. The molecule has 2 aromatic heterocycles. The van der Waals surface area contributed by atoms with Crippen molar-refractivity contribution in [3.63, 3.8) is 0 Å². The molecule has 25 heavy (non-hydrogen) atoms. The monoisotopic (exact) mass is 333 g/mol. The van der Waals surface area contributed by atoms with E-state index < -0.39 is 0 Å². The fourth-order valence-corrected chi connectivity index (χ4v) is 3.70. The number of fused-ring (bicyclic) bond motifs is 1. The molecule has 4 nitrogen and oxygen atoms in total. The molecule has 4 heteroatoms. The maximum Gasteiger partial charge on any atom is 0.119 e. The average Bonchev–Trinajstić information content (AvgIpc) is 3.02. The number of hydrogen-bond donors (Lipinski definition) is 1. The molecule has 1 aliphatic heterocycles. The first-order chi connectivity index (χ1) is 11.9. The molecular formula is C21H23N3O. The van der Waals surface area contributed by atoms with E-state index in [-0.39, 0.29) is 11.2 Å². The van der Waals surface area contributed by atoms with E-state index in [1.165, 1.54) is 5.69 Å². The van der Waals surface area contributed by atoms with Crippen LogP contribution in [0.15, 0.2) is 42.5 Å². The Morgan fingerprint density at radius 2 is 1.84 bits per heavy atom. The Bertz CT molecular complexity index is 938. The van der Waals surface area contributed by atoms with Crippen LogP contribution >= 0.6 is 0 Å². The molecule has 1 aliphatic rings. The van der Waals surface area contributed by atoms with Crippen molar-refractivity contribution < 1.29 is 5.11 Å². The number of aryl methyl sites for hydroxylation is 1. The van der Waals surface area contributed by atoms with Crippen LogP contribution in [0.1, 0.15) is 38.1 Å². The zero-order valence-electron chi connectivity index (χ0n) is 15.1. The molecule has 0 fully saturated rings. The Labute approximate surface area is 148 Å². The number of nitrogens with zero attached hydrogens (tertiary/aromatic N) is 3. The van der Waals surface area contributed by atoms with Crippen LogP contribution in [0.25, 0.3) is 22.5 Å². The molecule has 0 aliphatic carbocycles. The first-order valence-corrected chi connectivity index (χ1v) is 8.71. The first-order valence-electron chi connectivity index (χ1n) is 8.71. The summed E-state index contributed by atoms with van der Waals surface area (Å²) in [7, 11) is 0. The third-order valence-electron chi connectivity index (χ3n) is 5.42. The first kappa shape index (κ1) is 15.9. The highest BCUT2D eigenvalue weighted by Gasteiger charge is 2.40. The third kappa shape index (κ3) is 2.53. The third-order valence-corrected chi connectivity index (χ3v) is 5.42. The lowest BCUT2D eigenvalue weighted by Crippen LogP contribution is -2.17. The highest BCUT2D eigenvalue weighted by Crippen LogP contribution is 2.49. The van der Waals surface area contributed by atoms with Crippen molar-refractivity contribution in [3.8, 4) is 28.3 Å². The normalized spacial score (nSPS) is 18.3. The fourth-order valence-electron chi connectivity index (χ4n) is 3.70. The Hall–Kier alpha value is -2.62. The maximum atomic E-state index is 9.67. The van der Waals surface area contributed by atoms with Crippen molar-refractivity contribution in [1.29, 1.82) is 0 Å². The number of phenolic OH excluding ortho intramolecular Hbond substituents is 1. The molecule has 4 rings (SSSR count). The van der Waals surface area contributed by atoms with Crippen LogP contribution < -0.4 is 0 Å². The van der Waals surface area contributed by atoms with E-state index in [9.17, 15) is 5.11 Å². The molecule has 1 atom stereocenters. The summed E-state index contributed by atoms with van der Waals surface area (Å²) in [6, 6.07) is 13.4. The van der Waals surface area contributed by atoms with Gasteiger partial charge in [-0.2, -0.15) is 5.10 Å². The number of benzene rings is 1. The van der Waals surface area contributed by atoms with Gasteiger partial charge in [0.25, 0.3) is 0 Å². The van der Waals surface area contributed by atoms with Crippen LogP contribution in [0.5, 0.6) is 5.75 Å². The Morgan fingerprint density at radius 3 is 2.52 bits per heavy atom. The molecule has 0 saturated carbocycles. The van der Waals surface area contributed by atoms with Gasteiger partial charge >= 0.3 is 0 Å². The predicted octanol–water partition coefficient (Wildman–Crippen LogP) is 4.77. The Morgan fingerprint density at radius 1 is 1.12 bits per heavy atom. The number of phenols is 1. The van der Waals surface area contributed by atoms with E-state index >= 15 is 0 Å². The van der Waals surface area contributed by atoms with Gasteiger partial charge in [-0.1, -0.05) is 39.0 Å². The molecule has 3 heterocycles. The lowest BCUT2D eigenvalue weighted by Gasteiger charge is -2.23. The predicted molar refractivity (Wildman–Crippen MR) is 99.5 cm³/mol. The second-order valence-corrected chi connectivity index (χ2v) is 7.69. The smallest absolute Gasteiger partial charge is 0.119 e. The van der Waals surface area contributed by atoms with Gasteiger partial charge in [0.05, 0.1) is 11.4 Å². The van der Waals surface area contributed by atoms with E-state index in [2.05, 4.69) is 25.5 Å². The van der Waals surface area contributed by atoms with Gasteiger partial charge in [-0.05, 0) is 42.2 Å². The fraction of sp³-hybridized carbons (Fsp3) is 0.333. The minimum atomic E-state index is 0.173. The van der Waals surface area contributed by atoms with Gasteiger partial charge in [-0.25, -0.2) is 0 Å². The van der Waals surface area contributed by atoms with Crippen LogP contribution in [-0.4, -0.2) is 19.9 Å². The van der Waals surface area contributed by atoms with Crippen LogP contribution in [0, 0.1) is 12.3 Å². The van der Waals surface area contributed by atoms with Gasteiger partial charge < -0.3 is 5.11 Å². The summed E-state index contributed by atoms with van der Waals surface area (Å²) in [5.74, 6) is 0.665. The average molecular weight is 333 g/mol. The molecule has 1 N–H and O–H groups in total. The van der Waals surface area contributed by atoms with Crippen molar-refractivity contribution in [1.82, 2.24) is 14.8 Å². The second-order valence-electron chi connectivity index (χ2n) is 7.69. The van der Waals surface area contributed by atoms with E-state index in [1.54, 1.807) is 12.1 Å². The van der Waals surface area contributed by atoms with Crippen molar-refractivity contribution >= 4 is 0 Å². The molecule has 0 saturated heterocycles. The molecule has 1 aromatic carbocycles. The Kier molecular flexibility index (Phi) is 3.46. The number of aromatic hydroxyl groups is 1. The van der Waals surface area contributed by atoms with Gasteiger partial charge in [0.2, 0.25) is 0 Å². The van der Waals surface area contributed by atoms with Gasteiger partial charge in [0.15, 0.2) is 0 Å². The molecule has 128 valence electrons. The quantitative estimate of drug-likeness (QED) is 0.735. The second kappa shape index (κ2) is 5.45. The molecule has 0 radical (unpaired) electrons. The van der Waals surface area contributed by atoms with Crippen LogP contribution in [0.3, 0.4) is 0 Å². The summed E-state index contributed by atoms with van der Waals surface area (Å²) < 4.78 is 2.15. The molecule has 3 aromatic rings. The molecule has 0 bridgehead atoms. The number of rotatable bonds is 2. The summed E-state index contributed by atoms with van der Waals surface area (Å²) in [5.41, 5.74) is 6.44. The van der Waals surface area contributed by atoms with E-state index in [0.717, 1.165) is 34.8 Å². The Balaban J connectivity index is 1.98. The van der Waals surface area contributed by atoms with Crippen molar-refractivity contribution in [3.05, 3.63) is 53.9 Å². The van der Waals surface area contributed by atoms with Crippen molar-refractivity contribution in [2.24, 2.45) is 5.41 Å². The topological polar surface area (TPSA) is 50.9 Å². The van der Waals surface area contributed by atoms with E-state index in [4.69, 9.17) is 10.1 Å². The van der Waals surface area contributed by atoms with Gasteiger partial charge in [-0.3, -0.25) is 9.67 Å². The highest BCUT2D eigenvalue weighted by molar-refractivity contribution is 5.82. The van der Waals surface area contributed by atoms with Crippen molar-refractivity contribution in [2.45, 2.75) is 40.2 Å². The molecule has 0 spiro atoms. The summed E-state index contributed by atoms with van der Waals surface area (Å²) in [5, 5.41) is 14.6. The van der Waals surface area contributed by atoms with Gasteiger partial charge in [0.1, 0.15) is 11.4 Å². The van der Waals surface area contributed by atoms with Crippen LogP contribution in [0.2, 0.25) is 0 Å². The van der Waals surface area contributed by atoms with Crippen LogP contribution in [-0.2, 0) is 6.54 Å². The minimum absolute atomic E-state index is 0.173. The standard InChI is InChI=1S/C21H23N3O/c1-13-6-5-7-17(22-13)19-18(15-8-10-16(25)11-9-15)20-14(2)21(3,4)12-24(20)23-19/h5-11,14,25H,12H2,1-4H3/t14-/m0/s1. The zero-order valence-corrected chi connectivity index (χ0v) is 15.1.